The van der Waals surface area contributed by atoms with Gasteiger partial charge < -0.3 is 0 Å². The van der Waals surface area contributed by atoms with Crippen LogP contribution in [0.15, 0.2) is 0 Å². The molecule has 0 fully saturated rings. The first-order valence-corrected chi connectivity index (χ1v) is 13.9. The summed E-state index contributed by atoms with van der Waals surface area (Å²) in [5, 5.41) is 0. The highest BCUT2D eigenvalue weighted by atomic mass is 14.2. The normalized spacial score (nSPS) is 17.5. The van der Waals surface area contributed by atoms with E-state index in [4.69, 9.17) is 0 Å². The van der Waals surface area contributed by atoms with E-state index in [0.717, 1.165) is 66.1 Å². The molecule has 0 nitrogen and oxygen atoms in total. The first-order valence-electron chi connectivity index (χ1n) is 13.9. The van der Waals surface area contributed by atoms with Crippen molar-refractivity contribution in [1.29, 1.82) is 0 Å². The minimum Gasteiger partial charge on any atom is -0.0820 e. The second kappa shape index (κ2) is 15.1. The molecule has 0 N–H and O–H groups in total. The van der Waals surface area contributed by atoms with Gasteiger partial charge in [-0.1, -0.05) is 181 Å². The highest BCUT2D eigenvalue weighted by Crippen LogP contribution is 2.49. The Bertz CT molecular complexity index is 355. The molecule has 0 aliphatic carbocycles. The Morgan fingerprint density at radius 1 is 0.433 bits per heavy atom. The van der Waals surface area contributed by atoms with Gasteiger partial charge in [0.1, 0.15) is 13.4 Å². The molecular formula is C28H60B2. The summed E-state index contributed by atoms with van der Waals surface area (Å²) in [5.41, 5.74) is 0.858. The maximum absolute atomic E-state index is 2.58. The minimum absolute atomic E-state index is 0.767. The van der Waals surface area contributed by atoms with Gasteiger partial charge in [-0.25, -0.2) is 0 Å². The van der Waals surface area contributed by atoms with Crippen LogP contribution in [-0.2, 0) is 0 Å². The van der Waals surface area contributed by atoms with E-state index in [0.29, 0.717) is 0 Å². The molecule has 0 aromatic carbocycles. The van der Waals surface area contributed by atoms with E-state index in [1.807, 2.05) is 0 Å². The minimum atomic E-state index is 0.767. The summed E-state index contributed by atoms with van der Waals surface area (Å²) in [7, 11) is 0. The van der Waals surface area contributed by atoms with Gasteiger partial charge >= 0.3 is 0 Å². The molecule has 0 radical (unpaired) electrons. The van der Waals surface area contributed by atoms with Crippen LogP contribution >= 0.6 is 0 Å². The zero-order chi connectivity index (χ0) is 23.6. The first-order chi connectivity index (χ1) is 13.9. The molecule has 30 heavy (non-hydrogen) atoms. The van der Waals surface area contributed by atoms with Gasteiger partial charge in [0.15, 0.2) is 0 Å². The largest absolute Gasteiger partial charge is 0.142 e. The van der Waals surface area contributed by atoms with E-state index in [9.17, 15) is 0 Å². The highest BCUT2D eigenvalue weighted by molar-refractivity contribution is 6.82. The van der Waals surface area contributed by atoms with Gasteiger partial charge in [0.2, 0.25) is 0 Å². The summed E-state index contributed by atoms with van der Waals surface area (Å²) in [6.45, 7) is 34.1. The number of hydrogen-bond acceptors (Lipinski definition) is 0. The number of hydrogen-bond donors (Lipinski definition) is 0. The summed E-state index contributed by atoms with van der Waals surface area (Å²) in [6.07, 6.45) is 8.50. The standard InChI is InChI=1S/C28H60B2/c1-14-15-16-17-18-19-28(29(24(10)20(2)3)25(11)21(4)5)30(26(12)22(6)7)27(13)23(8)9/h20-28H,14-19H2,1-13H3. The van der Waals surface area contributed by atoms with Crippen molar-refractivity contribution in [1.82, 2.24) is 0 Å². The SMILES string of the molecule is CCCCCCCC(B(C(C)C(C)C)C(C)C(C)C)B(C(C)C(C)C)C(C)C(C)C. The van der Waals surface area contributed by atoms with E-state index in [1.165, 1.54) is 38.5 Å². The van der Waals surface area contributed by atoms with Crippen LogP contribution in [-0.4, -0.2) is 13.4 Å². The van der Waals surface area contributed by atoms with E-state index in [2.05, 4.69) is 90.0 Å². The summed E-state index contributed by atoms with van der Waals surface area (Å²) in [6, 6.07) is 0. The van der Waals surface area contributed by atoms with Crippen LogP contribution in [0.4, 0.5) is 0 Å². The van der Waals surface area contributed by atoms with Crippen molar-refractivity contribution in [3.63, 3.8) is 0 Å². The fourth-order valence-corrected chi connectivity index (χ4v) is 5.92. The Kier molecular flexibility index (Phi) is 15.1. The van der Waals surface area contributed by atoms with Crippen LogP contribution < -0.4 is 0 Å². The average molecular weight is 418 g/mol. The lowest BCUT2D eigenvalue weighted by molar-refractivity contribution is 0.525. The van der Waals surface area contributed by atoms with Crippen LogP contribution in [0.1, 0.15) is 129 Å². The van der Waals surface area contributed by atoms with Crippen molar-refractivity contribution in [2.24, 2.45) is 23.7 Å². The Morgan fingerprint density at radius 2 is 0.733 bits per heavy atom. The molecule has 0 aromatic rings. The summed E-state index contributed by atoms with van der Waals surface area (Å²) in [4.78, 5) is 0. The third-order valence-corrected chi connectivity index (χ3v) is 9.26. The number of unbranched alkanes of at least 4 members (excludes halogenated alkanes) is 4. The first kappa shape index (κ1) is 30.1. The fourth-order valence-electron chi connectivity index (χ4n) is 5.92. The summed E-state index contributed by atoms with van der Waals surface area (Å²) < 4.78 is 0. The van der Waals surface area contributed by atoms with Crippen molar-refractivity contribution in [2.75, 3.05) is 0 Å². The Hall–Kier alpha value is 0.130. The van der Waals surface area contributed by atoms with Crippen LogP contribution in [0.25, 0.3) is 0 Å². The molecule has 178 valence electrons. The molecule has 4 atom stereocenters. The predicted molar refractivity (Wildman–Crippen MR) is 146 cm³/mol. The molecule has 0 bridgehead atoms. The summed E-state index contributed by atoms with van der Waals surface area (Å²) in [5.74, 6) is 6.25. The van der Waals surface area contributed by atoms with Crippen molar-refractivity contribution in [3.8, 4) is 0 Å². The molecule has 0 aromatic heterocycles. The van der Waals surface area contributed by atoms with Gasteiger partial charge in [0, 0.05) is 0 Å². The third-order valence-electron chi connectivity index (χ3n) is 9.26. The lowest BCUT2D eigenvalue weighted by Gasteiger charge is -2.45. The maximum Gasteiger partial charge on any atom is 0.142 e. The average Bonchev–Trinajstić information content (AvgIpc) is 2.66. The molecular weight excluding hydrogens is 358 g/mol. The molecule has 0 saturated heterocycles. The Balaban J connectivity index is 6.16. The van der Waals surface area contributed by atoms with Gasteiger partial charge in [-0.05, 0) is 0 Å². The van der Waals surface area contributed by atoms with Crippen molar-refractivity contribution in [3.05, 3.63) is 0 Å². The van der Waals surface area contributed by atoms with Gasteiger partial charge in [-0.2, -0.15) is 0 Å². The molecule has 0 amide bonds. The van der Waals surface area contributed by atoms with Crippen LogP contribution in [0.2, 0.25) is 29.0 Å². The maximum atomic E-state index is 2.58. The lowest BCUT2D eigenvalue weighted by atomic mass is 9.09. The second-order valence-corrected chi connectivity index (χ2v) is 12.4. The Morgan fingerprint density at radius 3 is 1.00 bits per heavy atom. The quantitative estimate of drug-likeness (QED) is 0.173. The van der Waals surface area contributed by atoms with E-state index in [-0.39, 0.29) is 0 Å². The molecule has 2 heteroatoms. The van der Waals surface area contributed by atoms with Crippen molar-refractivity contribution < 1.29 is 0 Å². The summed E-state index contributed by atoms with van der Waals surface area (Å²) >= 11 is 0. The third kappa shape index (κ3) is 9.32. The molecule has 0 spiro atoms. The van der Waals surface area contributed by atoms with Gasteiger partial charge in [0.05, 0.1) is 0 Å². The van der Waals surface area contributed by atoms with E-state index < -0.39 is 0 Å². The van der Waals surface area contributed by atoms with Crippen LogP contribution in [0, 0.1) is 23.7 Å². The van der Waals surface area contributed by atoms with Crippen LogP contribution in [0.5, 0.6) is 0 Å². The van der Waals surface area contributed by atoms with E-state index >= 15 is 0 Å². The molecule has 0 saturated carbocycles. The van der Waals surface area contributed by atoms with Crippen molar-refractivity contribution in [2.45, 2.75) is 158 Å². The molecule has 0 rings (SSSR count). The van der Waals surface area contributed by atoms with Crippen LogP contribution in [0.3, 0.4) is 0 Å². The zero-order valence-electron chi connectivity index (χ0n) is 23.6. The van der Waals surface area contributed by atoms with Gasteiger partial charge in [-0.15, -0.1) is 0 Å². The topological polar surface area (TPSA) is 0 Å². The predicted octanol–water partition coefficient (Wildman–Crippen LogP) is 10.4. The lowest BCUT2D eigenvalue weighted by Crippen LogP contribution is -2.46. The molecule has 0 aliphatic heterocycles. The molecule has 4 unspecified atom stereocenters. The number of rotatable bonds is 16. The highest BCUT2D eigenvalue weighted by Gasteiger charge is 2.46. The van der Waals surface area contributed by atoms with Crippen molar-refractivity contribution >= 4 is 13.4 Å². The zero-order valence-corrected chi connectivity index (χ0v) is 23.6. The fraction of sp³-hybridized carbons (Fsp3) is 1.00. The molecule has 0 heterocycles. The second-order valence-electron chi connectivity index (χ2n) is 12.4. The monoisotopic (exact) mass is 418 g/mol. The van der Waals surface area contributed by atoms with E-state index in [1.54, 1.807) is 0 Å². The smallest absolute Gasteiger partial charge is 0.0820 e. The van der Waals surface area contributed by atoms with Gasteiger partial charge in [-0.3, -0.25) is 0 Å². The molecule has 0 aliphatic rings. The Labute approximate surface area is 194 Å². The van der Waals surface area contributed by atoms with Gasteiger partial charge in [0.25, 0.3) is 0 Å².